The average molecular weight is 275 g/mol. The Morgan fingerprint density at radius 2 is 1.93 bits per heavy atom. The van der Waals surface area contributed by atoms with Crippen LogP contribution in [-0.4, -0.2) is 9.97 Å². The maximum atomic E-state index is 4.01. The van der Waals surface area contributed by atoms with E-state index in [9.17, 15) is 0 Å². The molecule has 2 rings (SSSR count). The summed E-state index contributed by atoms with van der Waals surface area (Å²) in [5, 5.41) is 1.06. The van der Waals surface area contributed by atoms with Gasteiger partial charge in [0.2, 0.25) is 0 Å². The third kappa shape index (κ3) is 4.81. The van der Waals surface area contributed by atoms with E-state index in [1.807, 2.05) is 45.4 Å². The number of hydrogen-bond acceptors (Lipinski definition) is 2. The number of benzene rings is 1. The minimum absolute atomic E-state index is 0. The van der Waals surface area contributed by atoms with E-state index < -0.39 is 0 Å². The Bertz CT molecular complexity index is 401. The molecule has 15 heavy (non-hydrogen) atoms. The predicted octanol–water partition coefficient (Wildman–Crippen LogP) is 2.97. The number of hydrogen-bond donors (Lipinski definition) is 0. The van der Waals surface area contributed by atoms with E-state index in [1.165, 1.54) is 5.56 Å². The third-order valence-electron chi connectivity index (χ3n) is 1.62. The SMILES string of the molecule is C[CH-]C.Cc1ccc2cn[c-]nc2c1.[Y]. The molecule has 1 aromatic carbocycles. The molecule has 0 bridgehead atoms. The maximum absolute atomic E-state index is 4.01. The first-order chi connectivity index (χ1) is 6.77. The van der Waals surface area contributed by atoms with Crippen LogP contribution >= 0.6 is 0 Å². The van der Waals surface area contributed by atoms with E-state index >= 15 is 0 Å². The molecule has 1 heterocycles. The Kier molecular flexibility index (Phi) is 7.71. The van der Waals surface area contributed by atoms with Gasteiger partial charge < -0.3 is 16.4 Å². The van der Waals surface area contributed by atoms with Crippen molar-refractivity contribution in [2.24, 2.45) is 0 Å². The minimum atomic E-state index is 0. The molecule has 3 heteroatoms. The van der Waals surface area contributed by atoms with E-state index in [0.29, 0.717) is 0 Å². The molecule has 0 unspecified atom stereocenters. The molecule has 0 aliphatic heterocycles. The molecule has 0 amide bonds. The van der Waals surface area contributed by atoms with Crippen LogP contribution in [0.1, 0.15) is 19.4 Å². The molecule has 0 aliphatic rings. The van der Waals surface area contributed by atoms with Gasteiger partial charge in [-0.3, -0.25) is 0 Å². The van der Waals surface area contributed by atoms with Crippen molar-refractivity contribution in [3.8, 4) is 0 Å². The molecule has 0 fully saturated rings. The standard InChI is InChI=1S/C9H7N2.C3H7.Y/c1-7-2-3-8-5-10-6-11-9(8)4-7;1-3-2;/h2-5H,1H3;3H,1-2H3;/q2*-1;. The molecule has 1 radical (unpaired) electrons. The Hall–Kier alpha value is -0.336. The van der Waals surface area contributed by atoms with Crippen LogP contribution in [0.2, 0.25) is 0 Å². The molecule has 0 saturated carbocycles. The van der Waals surface area contributed by atoms with Gasteiger partial charge >= 0.3 is 0 Å². The molecule has 0 aliphatic carbocycles. The van der Waals surface area contributed by atoms with Crippen molar-refractivity contribution in [2.45, 2.75) is 20.8 Å². The topological polar surface area (TPSA) is 25.8 Å². The molecule has 0 spiro atoms. The Morgan fingerprint density at radius 3 is 2.60 bits per heavy atom. The fourth-order valence-corrected chi connectivity index (χ4v) is 1.04. The summed E-state index contributed by atoms with van der Waals surface area (Å²) < 4.78 is 0. The van der Waals surface area contributed by atoms with Crippen molar-refractivity contribution in [2.75, 3.05) is 0 Å². The fraction of sp³-hybridized carbons (Fsp3) is 0.250. The van der Waals surface area contributed by atoms with Gasteiger partial charge in [0.25, 0.3) is 0 Å². The van der Waals surface area contributed by atoms with Gasteiger partial charge in [-0.25, -0.2) is 0 Å². The van der Waals surface area contributed by atoms with Gasteiger partial charge in [0.1, 0.15) is 0 Å². The van der Waals surface area contributed by atoms with E-state index in [1.54, 1.807) is 6.20 Å². The van der Waals surface area contributed by atoms with Crippen molar-refractivity contribution in [1.82, 2.24) is 9.97 Å². The number of rotatable bonds is 0. The van der Waals surface area contributed by atoms with E-state index in [4.69, 9.17) is 0 Å². The van der Waals surface area contributed by atoms with E-state index in [0.717, 1.165) is 10.9 Å². The molecular weight excluding hydrogens is 261 g/mol. The van der Waals surface area contributed by atoms with Crippen molar-refractivity contribution in [3.05, 3.63) is 42.7 Å². The molecular formula is C12H14N2Y-2. The van der Waals surface area contributed by atoms with E-state index in [-0.39, 0.29) is 32.7 Å². The number of fused-ring (bicyclic) bond motifs is 1. The predicted molar refractivity (Wildman–Crippen MR) is 58.8 cm³/mol. The summed E-state index contributed by atoms with van der Waals surface area (Å²) in [6.45, 7) is 6.04. The second-order valence-electron chi connectivity index (χ2n) is 3.11. The third-order valence-corrected chi connectivity index (χ3v) is 1.62. The van der Waals surface area contributed by atoms with Gasteiger partial charge in [0.05, 0.1) is 0 Å². The normalized spacial score (nSPS) is 8.73. The zero-order valence-electron chi connectivity index (χ0n) is 9.36. The molecule has 1 aromatic heterocycles. The van der Waals surface area contributed by atoms with Crippen molar-refractivity contribution in [3.63, 3.8) is 0 Å². The first-order valence-corrected chi connectivity index (χ1v) is 4.61. The molecule has 2 nitrogen and oxygen atoms in total. The minimum Gasteiger partial charge on any atom is -0.374 e. The number of nitrogens with zero attached hydrogens (tertiary/aromatic N) is 2. The van der Waals surface area contributed by atoms with Crippen LogP contribution in [0.4, 0.5) is 0 Å². The van der Waals surface area contributed by atoms with Crippen LogP contribution in [0.25, 0.3) is 10.9 Å². The quantitative estimate of drug-likeness (QED) is 0.691. The van der Waals surface area contributed by atoms with Gasteiger partial charge in [-0.2, -0.15) is 13.8 Å². The maximum Gasteiger partial charge on any atom is 0.0219 e. The van der Waals surface area contributed by atoms with Crippen LogP contribution < -0.4 is 0 Å². The summed E-state index contributed by atoms with van der Waals surface area (Å²) >= 11 is 0. The largest absolute Gasteiger partial charge is 0.374 e. The average Bonchev–Trinajstić information content (AvgIpc) is 2.19. The van der Waals surface area contributed by atoms with Gasteiger partial charge in [0.15, 0.2) is 0 Å². The summed E-state index contributed by atoms with van der Waals surface area (Å²) in [4.78, 5) is 7.81. The van der Waals surface area contributed by atoms with Gasteiger partial charge in [-0.1, -0.05) is 35.3 Å². The monoisotopic (exact) mass is 275 g/mol. The van der Waals surface area contributed by atoms with Gasteiger partial charge in [-0.05, 0) is 12.4 Å². The summed E-state index contributed by atoms with van der Waals surface area (Å²) in [6.07, 6.45) is 6.33. The zero-order valence-corrected chi connectivity index (χ0v) is 12.2. The molecule has 77 valence electrons. The van der Waals surface area contributed by atoms with Gasteiger partial charge in [0, 0.05) is 39.0 Å². The van der Waals surface area contributed by atoms with Crippen molar-refractivity contribution in [1.29, 1.82) is 0 Å². The Labute approximate surface area is 116 Å². The first-order valence-electron chi connectivity index (χ1n) is 4.61. The first kappa shape index (κ1) is 14.7. The molecule has 0 N–H and O–H groups in total. The summed E-state index contributed by atoms with van der Waals surface area (Å²) in [7, 11) is 0. The molecule has 2 aromatic rings. The van der Waals surface area contributed by atoms with Gasteiger partial charge in [-0.15, -0.1) is 0 Å². The van der Waals surface area contributed by atoms with E-state index in [2.05, 4.69) is 16.3 Å². The van der Waals surface area contributed by atoms with Crippen LogP contribution in [0.3, 0.4) is 0 Å². The van der Waals surface area contributed by atoms with Crippen LogP contribution in [0, 0.1) is 19.7 Å². The van der Waals surface area contributed by atoms with Crippen molar-refractivity contribution < 1.29 is 32.7 Å². The smallest absolute Gasteiger partial charge is 0.0219 e. The van der Waals surface area contributed by atoms with Crippen LogP contribution in [0.15, 0.2) is 24.4 Å². The summed E-state index contributed by atoms with van der Waals surface area (Å²) in [5.41, 5.74) is 2.17. The Morgan fingerprint density at radius 1 is 1.27 bits per heavy atom. The molecule has 0 saturated heterocycles. The van der Waals surface area contributed by atoms with Crippen LogP contribution in [0.5, 0.6) is 0 Å². The zero-order chi connectivity index (χ0) is 10.4. The second kappa shape index (κ2) is 7.89. The van der Waals surface area contributed by atoms with Crippen LogP contribution in [-0.2, 0) is 32.7 Å². The molecule has 0 atom stereocenters. The Balaban J connectivity index is 0.000000443. The summed E-state index contributed by atoms with van der Waals surface area (Å²) in [6, 6.07) is 6.08. The second-order valence-corrected chi connectivity index (χ2v) is 3.11. The number of aryl methyl sites for hydroxylation is 1. The number of aromatic nitrogens is 2. The van der Waals surface area contributed by atoms with Crippen molar-refractivity contribution >= 4 is 10.9 Å². The summed E-state index contributed by atoms with van der Waals surface area (Å²) in [5.74, 6) is 0. The fourth-order valence-electron chi connectivity index (χ4n) is 1.04.